The SMILES string of the molecule is COc1ccccc1[C@H]1C2=C(CCCC2=O)Nc2ccc3ccccc3c21. The zero-order valence-electron chi connectivity index (χ0n) is 15.3. The van der Waals surface area contributed by atoms with Crippen LogP contribution in [0.3, 0.4) is 0 Å². The molecule has 0 amide bonds. The van der Waals surface area contributed by atoms with Crippen molar-refractivity contribution >= 4 is 22.2 Å². The molecule has 3 heteroatoms. The summed E-state index contributed by atoms with van der Waals surface area (Å²) in [4.78, 5) is 13.0. The molecule has 1 atom stereocenters. The van der Waals surface area contributed by atoms with Crippen LogP contribution in [0.25, 0.3) is 10.8 Å². The number of benzene rings is 3. The lowest BCUT2D eigenvalue weighted by atomic mass is 9.74. The Labute approximate surface area is 158 Å². The second kappa shape index (κ2) is 6.27. The summed E-state index contributed by atoms with van der Waals surface area (Å²) >= 11 is 0. The third kappa shape index (κ3) is 2.46. The fourth-order valence-electron chi connectivity index (χ4n) is 4.57. The van der Waals surface area contributed by atoms with E-state index in [1.54, 1.807) is 7.11 Å². The fraction of sp³-hybridized carbons (Fsp3) is 0.208. The van der Waals surface area contributed by atoms with Crippen molar-refractivity contribution < 1.29 is 9.53 Å². The van der Waals surface area contributed by atoms with Gasteiger partial charge in [0.2, 0.25) is 0 Å². The molecule has 2 aliphatic rings. The lowest BCUT2D eigenvalue weighted by Gasteiger charge is -2.35. The van der Waals surface area contributed by atoms with Gasteiger partial charge in [0.1, 0.15) is 5.75 Å². The summed E-state index contributed by atoms with van der Waals surface area (Å²) < 4.78 is 5.69. The molecule has 134 valence electrons. The number of ketones is 1. The van der Waals surface area contributed by atoms with E-state index in [0.717, 1.165) is 41.1 Å². The Balaban J connectivity index is 1.86. The van der Waals surface area contributed by atoms with Crippen LogP contribution in [0.5, 0.6) is 5.75 Å². The Hall–Kier alpha value is -3.07. The van der Waals surface area contributed by atoms with Crippen LogP contribution in [0.1, 0.15) is 36.3 Å². The molecule has 3 aromatic carbocycles. The molecule has 1 N–H and O–H groups in total. The third-order valence-corrected chi connectivity index (χ3v) is 5.74. The number of nitrogens with one attached hydrogen (secondary N) is 1. The highest BCUT2D eigenvalue weighted by atomic mass is 16.5. The van der Waals surface area contributed by atoms with Crippen molar-refractivity contribution in [3.63, 3.8) is 0 Å². The van der Waals surface area contributed by atoms with Crippen LogP contribution in [0.2, 0.25) is 0 Å². The molecule has 3 aromatic rings. The second-order valence-electron chi connectivity index (χ2n) is 7.22. The van der Waals surface area contributed by atoms with E-state index >= 15 is 0 Å². The lowest BCUT2D eigenvalue weighted by molar-refractivity contribution is -0.116. The van der Waals surface area contributed by atoms with Gasteiger partial charge in [-0.05, 0) is 41.3 Å². The number of allylic oxidation sites excluding steroid dienone is 2. The van der Waals surface area contributed by atoms with Crippen LogP contribution in [0.4, 0.5) is 5.69 Å². The monoisotopic (exact) mass is 355 g/mol. The standard InChI is InChI=1S/C24H21NO2/c1-27-21-12-5-4-9-17(21)23-22-16-8-3-2-7-15(16)13-14-19(22)25-18-10-6-11-20(26)24(18)23/h2-5,7-9,12-14,23,25H,6,10-11H2,1H3/t23-/m1/s1. The van der Waals surface area contributed by atoms with Crippen molar-refractivity contribution in [1.29, 1.82) is 0 Å². The molecule has 0 bridgehead atoms. The van der Waals surface area contributed by atoms with Gasteiger partial charge in [0.15, 0.2) is 5.78 Å². The normalized spacial score (nSPS) is 18.7. The van der Waals surface area contributed by atoms with Gasteiger partial charge in [-0.1, -0.05) is 48.5 Å². The molecule has 0 radical (unpaired) electrons. The van der Waals surface area contributed by atoms with E-state index in [0.29, 0.717) is 6.42 Å². The first kappa shape index (κ1) is 16.1. The summed E-state index contributed by atoms with van der Waals surface area (Å²) in [6.07, 6.45) is 2.44. The number of rotatable bonds is 2. The fourth-order valence-corrected chi connectivity index (χ4v) is 4.57. The summed E-state index contributed by atoms with van der Waals surface area (Å²) in [5, 5.41) is 5.95. The third-order valence-electron chi connectivity index (χ3n) is 5.74. The molecule has 5 rings (SSSR count). The minimum atomic E-state index is -0.105. The van der Waals surface area contributed by atoms with E-state index in [-0.39, 0.29) is 11.7 Å². The number of para-hydroxylation sites is 1. The van der Waals surface area contributed by atoms with Crippen LogP contribution in [-0.2, 0) is 4.79 Å². The van der Waals surface area contributed by atoms with Crippen LogP contribution < -0.4 is 10.1 Å². The van der Waals surface area contributed by atoms with Crippen molar-refractivity contribution in [2.24, 2.45) is 0 Å². The van der Waals surface area contributed by atoms with Crippen LogP contribution in [0, 0.1) is 0 Å². The molecule has 1 aliphatic carbocycles. The lowest BCUT2D eigenvalue weighted by Crippen LogP contribution is -2.27. The highest BCUT2D eigenvalue weighted by Crippen LogP contribution is 2.49. The molecule has 1 heterocycles. The van der Waals surface area contributed by atoms with E-state index in [4.69, 9.17) is 4.74 Å². The first-order valence-electron chi connectivity index (χ1n) is 9.46. The molecule has 1 aliphatic heterocycles. The average Bonchev–Trinajstić information content (AvgIpc) is 2.72. The van der Waals surface area contributed by atoms with Gasteiger partial charge in [0.05, 0.1) is 7.11 Å². The van der Waals surface area contributed by atoms with Crippen LogP contribution >= 0.6 is 0 Å². The Bertz CT molecular complexity index is 1100. The zero-order chi connectivity index (χ0) is 18.4. The smallest absolute Gasteiger partial charge is 0.161 e. The number of hydrogen-bond acceptors (Lipinski definition) is 3. The topological polar surface area (TPSA) is 38.3 Å². The summed E-state index contributed by atoms with van der Waals surface area (Å²) in [7, 11) is 1.70. The quantitative estimate of drug-likeness (QED) is 0.668. The maximum Gasteiger partial charge on any atom is 0.161 e. The molecule has 0 spiro atoms. The minimum absolute atomic E-state index is 0.105. The van der Waals surface area contributed by atoms with Gasteiger partial charge < -0.3 is 10.1 Å². The summed E-state index contributed by atoms with van der Waals surface area (Å²) in [6, 6.07) is 20.8. The molecular weight excluding hydrogens is 334 g/mol. The van der Waals surface area contributed by atoms with Crippen LogP contribution in [0.15, 0.2) is 71.9 Å². The molecule has 0 unspecified atom stereocenters. The van der Waals surface area contributed by atoms with Gasteiger partial charge in [0.25, 0.3) is 0 Å². The van der Waals surface area contributed by atoms with Gasteiger partial charge in [-0.3, -0.25) is 4.79 Å². The number of carbonyl (C=O) groups excluding carboxylic acids is 1. The van der Waals surface area contributed by atoms with E-state index in [2.05, 4.69) is 47.8 Å². The van der Waals surface area contributed by atoms with Crippen LogP contribution in [-0.4, -0.2) is 12.9 Å². The zero-order valence-corrected chi connectivity index (χ0v) is 15.3. The summed E-state index contributed by atoms with van der Waals surface area (Å²) in [5.74, 6) is 0.970. The maximum atomic E-state index is 13.0. The summed E-state index contributed by atoms with van der Waals surface area (Å²) in [5.41, 5.74) is 5.31. The van der Waals surface area contributed by atoms with Gasteiger partial charge in [0, 0.05) is 34.9 Å². The first-order chi connectivity index (χ1) is 13.3. The largest absolute Gasteiger partial charge is 0.496 e. The Kier molecular flexibility index (Phi) is 3.75. The predicted molar refractivity (Wildman–Crippen MR) is 108 cm³/mol. The minimum Gasteiger partial charge on any atom is -0.496 e. The average molecular weight is 355 g/mol. The molecule has 0 saturated carbocycles. The van der Waals surface area contributed by atoms with E-state index in [9.17, 15) is 4.79 Å². The molecule has 27 heavy (non-hydrogen) atoms. The van der Waals surface area contributed by atoms with Gasteiger partial charge in [-0.25, -0.2) is 0 Å². The van der Waals surface area contributed by atoms with E-state index in [1.807, 2.05) is 18.2 Å². The number of anilines is 1. The highest BCUT2D eigenvalue weighted by Gasteiger charge is 2.37. The molecule has 3 nitrogen and oxygen atoms in total. The molecule has 0 saturated heterocycles. The Morgan fingerprint density at radius 2 is 1.78 bits per heavy atom. The van der Waals surface area contributed by atoms with E-state index in [1.165, 1.54) is 16.3 Å². The van der Waals surface area contributed by atoms with Crippen molar-refractivity contribution in [2.75, 3.05) is 12.4 Å². The number of fused-ring (bicyclic) bond motifs is 3. The Morgan fingerprint density at radius 3 is 2.67 bits per heavy atom. The van der Waals surface area contributed by atoms with E-state index < -0.39 is 0 Å². The maximum absolute atomic E-state index is 13.0. The van der Waals surface area contributed by atoms with Crippen molar-refractivity contribution in [3.05, 3.63) is 83.1 Å². The number of Topliss-reactive ketones (excluding diaryl/α,β-unsaturated/α-hetero) is 1. The van der Waals surface area contributed by atoms with Gasteiger partial charge in [-0.2, -0.15) is 0 Å². The molecule has 0 aromatic heterocycles. The van der Waals surface area contributed by atoms with Crippen molar-refractivity contribution in [2.45, 2.75) is 25.2 Å². The molecule has 0 fully saturated rings. The van der Waals surface area contributed by atoms with Gasteiger partial charge in [-0.15, -0.1) is 0 Å². The van der Waals surface area contributed by atoms with Crippen molar-refractivity contribution in [3.8, 4) is 5.75 Å². The first-order valence-corrected chi connectivity index (χ1v) is 9.46. The number of methoxy groups -OCH3 is 1. The van der Waals surface area contributed by atoms with Crippen molar-refractivity contribution in [1.82, 2.24) is 0 Å². The number of hydrogen-bond donors (Lipinski definition) is 1. The molecular formula is C24H21NO2. The van der Waals surface area contributed by atoms with Gasteiger partial charge >= 0.3 is 0 Å². The number of ether oxygens (including phenoxy) is 1. The highest BCUT2D eigenvalue weighted by molar-refractivity contribution is 6.04. The number of carbonyl (C=O) groups is 1. The second-order valence-corrected chi connectivity index (χ2v) is 7.22. The summed E-state index contributed by atoms with van der Waals surface area (Å²) in [6.45, 7) is 0. The predicted octanol–water partition coefficient (Wildman–Crippen LogP) is 5.41. The Morgan fingerprint density at radius 1 is 0.963 bits per heavy atom.